The topological polar surface area (TPSA) is 73.8 Å². The molecule has 0 spiro atoms. The minimum absolute atomic E-state index is 0.204. The van der Waals surface area contributed by atoms with Crippen molar-refractivity contribution in [3.63, 3.8) is 0 Å². The first-order valence-electron chi connectivity index (χ1n) is 9.60. The number of sulfonamides is 1. The smallest absolute Gasteiger partial charge is 0.244 e. The molecule has 2 saturated heterocycles. The molecular formula is C18H30N4O3S2. The standard InChI is InChI=1S/C18H30N4O3S2/c1-4-18(5-2)15-21(12-13-26(18)23)17-7-6-16(14-19-17)27(24,25)22-10-8-20(3)9-11-22/h6-7,14H,4-5,8-13,15H2,1-3H3. The molecule has 3 heterocycles. The fourth-order valence-electron chi connectivity index (χ4n) is 3.79. The van der Waals surface area contributed by atoms with Crippen LogP contribution in [0, 0.1) is 0 Å². The highest BCUT2D eigenvalue weighted by molar-refractivity contribution is 7.89. The third-order valence-electron chi connectivity index (χ3n) is 5.94. The molecule has 3 rings (SSSR count). The van der Waals surface area contributed by atoms with Crippen LogP contribution in [0.25, 0.3) is 0 Å². The molecule has 2 aliphatic heterocycles. The molecule has 0 aliphatic carbocycles. The fourth-order valence-corrected chi connectivity index (χ4v) is 6.92. The number of hydrogen-bond donors (Lipinski definition) is 0. The average Bonchev–Trinajstić information content (AvgIpc) is 2.69. The predicted molar refractivity (Wildman–Crippen MR) is 109 cm³/mol. The monoisotopic (exact) mass is 414 g/mol. The number of anilines is 1. The van der Waals surface area contributed by atoms with Crippen molar-refractivity contribution < 1.29 is 12.6 Å². The van der Waals surface area contributed by atoms with Gasteiger partial charge in [0.15, 0.2) is 0 Å². The molecule has 9 heteroatoms. The van der Waals surface area contributed by atoms with Gasteiger partial charge in [-0.3, -0.25) is 4.21 Å². The zero-order valence-corrected chi connectivity index (χ0v) is 18.1. The van der Waals surface area contributed by atoms with Crippen molar-refractivity contribution in [3.05, 3.63) is 18.3 Å². The van der Waals surface area contributed by atoms with Crippen LogP contribution < -0.4 is 4.90 Å². The zero-order chi connectivity index (χ0) is 19.7. The van der Waals surface area contributed by atoms with Gasteiger partial charge >= 0.3 is 0 Å². The Balaban J connectivity index is 1.76. The second-order valence-corrected chi connectivity index (χ2v) is 11.3. The maximum Gasteiger partial charge on any atom is 0.244 e. The Hall–Kier alpha value is -1.03. The Kier molecular flexibility index (Phi) is 6.24. The van der Waals surface area contributed by atoms with Crippen LogP contribution in [0.3, 0.4) is 0 Å². The molecule has 27 heavy (non-hydrogen) atoms. The summed E-state index contributed by atoms with van der Waals surface area (Å²) in [4.78, 5) is 8.96. The first kappa shape index (κ1) is 20.7. The van der Waals surface area contributed by atoms with Crippen molar-refractivity contribution in [3.8, 4) is 0 Å². The fraction of sp³-hybridized carbons (Fsp3) is 0.722. The molecule has 0 aromatic carbocycles. The molecule has 152 valence electrons. The highest BCUT2D eigenvalue weighted by Gasteiger charge is 2.39. The molecule has 1 atom stereocenters. The van der Waals surface area contributed by atoms with Gasteiger partial charge in [0.2, 0.25) is 10.0 Å². The maximum absolute atomic E-state index is 12.8. The van der Waals surface area contributed by atoms with E-state index < -0.39 is 20.8 Å². The Bertz CT molecular complexity index is 770. The summed E-state index contributed by atoms with van der Waals surface area (Å²) < 4.78 is 39.5. The highest BCUT2D eigenvalue weighted by atomic mass is 32.2. The average molecular weight is 415 g/mol. The molecule has 1 aromatic rings. The van der Waals surface area contributed by atoms with Gasteiger partial charge < -0.3 is 9.80 Å². The minimum atomic E-state index is -3.50. The van der Waals surface area contributed by atoms with Crippen LogP contribution in [-0.4, -0.2) is 83.6 Å². The van der Waals surface area contributed by atoms with Crippen LogP contribution in [0.4, 0.5) is 5.82 Å². The predicted octanol–water partition coefficient (Wildman–Crippen LogP) is 1.15. The third kappa shape index (κ3) is 4.06. The lowest BCUT2D eigenvalue weighted by molar-refractivity contribution is 0.222. The summed E-state index contributed by atoms with van der Waals surface area (Å²) in [6.07, 6.45) is 3.19. The van der Waals surface area contributed by atoms with E-state index in [1.54, 1.807) is 12.1 Å². The molecule has 2 aliphatic rings. The van der Waals surface area contributed by atoms with Crippen molar-refractivity contribution in [1.29, 1.82) is 0 Å². The summed E-state index contributed by atoms with van der Waals surface area (Å²) in [5, 5.41) is 0. The lowest BCUT2D eigenvalue weighted by Crippen LogP contribution is -2.53. The van der Waals surface area contributed by atoms with E-state index in [4.69, 9.17) is 0 Å². The van der Waals surface area contributed by atoms with Gasteiger partial charge in [-0.15, -0.1) is 0 Å². The van der Waals surface area contributed by atoms with E-state index in [0.29, 0.717) is 31.9 Å². The first-order valence-corrected chi connectivity index (χ1v) is 12.4. The van der Waals surface area contributed by atoms with Crippen LogP contribution in [0.2, 0.25) is 0 Å². The van der Waals surface area contributed by atoms with Crippen LogP contribution in [-0.2, 0) is 20.8 Å². The summed E-state index contributed by atoms with van der Waals surface area (Å²) in [6, 6.07) is 3.44. The van der Waals surface area contributed by atoms with E-state index in [-0.39, 0.29) is 9.64 Å². The number of nitrogens with zero attached hydrogens (tertiary/aromatic N) is 4. The number of pyridine rings is 1. The van der Waals surface area contributed by atoms with Gasteiger partial charge in [0, 0.05) is 62.0 Å². The van der Waals surface area contributed by atoms with E-state index in [2.05, 4.69) is 28.6 Å². The van der Waals surface area contributed by atoms with E-state index in [9.17, 15) is 12.6 Å². The second-order valence-electron chi connectivity index (χ2n) is 7.42. The maximum atomic E-state index is 12.8. The van der Waals surface area contributed by atoms with Crippen LogP contribution in [0.15, 0.2) is 23.2 Å². The van der Waals surface area contributed by atoms with Crippen molar-refractivity contribution in [2.24, 2.45) is 0 Å². The van der Waals surface area contributed by atoms with Gasteiger partial charge in [-0.25, -0.2) is 13.4 Å². The lowest BCUT2D eigenvalue weighted by atomic mass is 10.0. The SMILES string of the molecule is CCC1(CC)CN(c2ccc(S(=O)(=O)N3CCN(C)CC3)cn2)CCS1=O. The second kappa shape index (κ2) is 8.14. The molecule has 0 saturated carbocycles. The van der Waals surface area contributed by atoms with Gasteiger partial charge in [0.1, 0.15) is 10.7 Å². The van der Waals surface area contributed by atoms with Gasteiger partial charge in [0.05, 0.1) is 4.75 Å². The normalized spacial score (nSPS) is 24.9. The Morgan fingerprint density at radius 2 is 1.78 bits per heavy atom. The van der Waals surface area contributed by atoms with Gasteiger partial charge in [-0.05, 0) is 32.0 Å². The van der Waals surface area contributed by atoms with Crippen LogP contribution in [0.1, 0.15) is 26.7 Å². The van der Waals surface area contributed by atoms with Crippen LogP contribution >= 0.6 is 0 Å². The minimum Gasteiger partial charge on any atom is -0.354 e. The van der Waals surface area contributed by atoms with Gasteiger partial charge in [0.25, 0.3) is 0 Å². The highest BCUT2D eigenvalue weighted by Crippen LogP contribution is 2.31. The summed E-state index contributed by atoms with van der Waals surface area (Å²) in [6.45, 7) is 8.06. The summed E-state index contributed by atoms with van der Waals surface area (Å²) >= 11 is 0. The molecular weight excluding hydrogens is 384 g/mol. The molecule has 0 bridgehead atoms. The molecule has 1 aromatic heterocycles. The van der Waals surface area contributed by atoms with Crippen molar-refractivity contribution in [1.82, 2.24) is 14.2 Å². The Labute approximate surface area is 165 Å². The summed E-state index contributed by atoms with van der Waals surface area (Å²) in [7, 11) is -2.33. The molecule has 1 unspecified atom stereocenters. The quantitative estimate of drug-likeness (QED) is 0.720. The summed E-state index contributed by atoms with van der Waals surface area (Å²) in [5.74, 6) is 1.39. The number of likely N-dealkylation sites (N-methyl/N-ethyl adjacent to an activating group) is 1. The zero-order valence-electron chi connectivity index (χ0n) is 16.4. The van der Waals surface area contributed by atoms with E-state index in [1.807, 2.05) is 7.05 Å². The number of hydrogen-bond acceptors (Lipinski definition) is 6. The Morgan fingerprint density at radius 3 is 2.33 bits per heavy atom. The van der Waals surface area contributed by atoms with Crippen molar-refractivity contribution in [2.75, 3.05) is 57.0 Å². The van der Waals surface area contributed by atoms with Crippen molar-refractivity contribution in [2.45, 2.75) is 36.3 Å². The van der Waals surface area contributed by atoms with Crippen LogP contribution in [0.5, 0.6) is 0 Å². The van der Waals surface area contributed by atoms with E-state index in [0.717, 1.165) is 31.7 Å². The van der Waals surface area contributed by atoms with E-state index in [1.165, 1.54) is 10.5 Å². The number of aromatic nitrogens is 1. The molecule has 2 fully saturated rings. The van der Waals surface area contributed by atoms with Crippen molar-refractivity contribution >= 4 is 26.6 Å². The van der Waals surface area contributed by atoms with Gasteiger partial charge in [-0.2, -0.15) is 4.31 Å². The Morgan fingerprint density at radius 1 is 1.11 bits per heavy atom. The lowest BCUT2D eigenvalue weighted by Gasteiger charge is -2.41. The largest absolute Gasteiger partial charge is 0.354 e. The van der Waals surface area contributed by atoms with Gasteiger partial charge in [-0.1, -0.05) is 13.8 Å². The number of rotatable bonds is 5. The molecule has 0 N–H and O–H groups in total. The first-order chi connectivity index (χ1) is 12.8. The van der Waals surface area contributed by atoms with E-state index >= 15 is 0 Å². The molecule has 0 amide bonds. The molecule has 0 radical (unpaired) electrons. The third-order valence-corrected chi connectivity index (χ3v) is 10.0. The summed E-state index contributed by atoms with van der Waals surface area (Å²) in [5.41, 5.74) is 0. The number of piperazine rings is 1. The molecule has 7 nitrogen and oxygen atoms in total.